The Labute approximate surface area is 164 Å². The predicted molar refractivity (Wildman–Crippen MR) is 104 cm³/mol. The van der Waals surface area contributed by atoms with Crippen molar-refractivity contribution in [1.82, 2.24) is 14.5 Å². The van der Waals surface area contributed by atoms with Crippen molar-refractivity contribution < 1.29 is 19.6 Å². The molecule has 4 rings (SSSR count). The number of hydrogen-bond donors (Lipinski definition) is 1. The normalized spacial score (nSPS) is 16.6. The van der Waals surface area contributed by atoms with Crippen LogP contribution in [0.15, 0.2) is 24.4 Å². The second-order valence-electron chi connectivity index (χ2n) is 7.67. The number of fused-ring (bicyclic) bond motifs is 3. The van der Waals surface area contributed by atoms with Crippen molar-refractivity contribution in [2.45, 2.75) is 38.0 Å². The van der Waals surface area contributed by atoms with Gasteiger partial charge in [-0.15, -0.1) is 0 Å². The lowest BCUT2D eigenvalue weighted by atomic mass is 9.88. The number of primary amides is 1. The highest BCUT2D eigenvalue weighted by Crippen LogP contribution is 2.35. The third-order valence-corrected chi connectivity index (χ3v) is 5.79. The number of carbonyl (C=O) groups is 2. The van der Waals surface area contributed by atoms with E-state index in [4.69, 9.17) is 4.74 Å². The second kappa shape index (κ2) is 7.85. The lowest BCUT2D eigenvalue weighted by Crippen LogP contribution is -2.84. The molecule has 0 saturated heterocycles. The minimum atomic E-state index is -0.0577. The van der Waals surface area contributed by atoms with Crippen LogP contribution in [0, 0.1) is 0 Å². The highest BCUT2D eigenvalue weighted by molar-refractivity contribution is 5.96. The van der Waals surface area contributed by atoms with Crippen LogP contribution in [0.2, 0.25) is 0 Å². The first kappa shape index (κ1) is 18.8. The number of quaternary nitrogens is 1. The van der Waals surface area contributed by atoms with E-state index >= 15 is 0 Å². The van der Waals surface area contributed by atoms with Crippen LogP contribution in [0.25, 0.3) is 5.69 Å². The number of rotatable bonds is 5. The van der Waals surface area contributed by atoms with Crippen molar-refractivity contribution >= 4 is 17.5 Å². The van der Waals surface area contributed by atoms with Crippen molar-refractivity contribution in [1.29, 1.82) is 0 Å². The molecule has 2 aliphatic rings. The third kappa shape index (κ3) is 3.36. The lowest BCUT2D eigenvalue weighted by molar-refractivity contribution is -0.466. The molecule has 0 unspecified atom stereocenters. The van der Waals surface area contributed by atoms with E-state index in [1.807, 2.05) is 16.7 Å². The van der Waals surface area contributed by atoms with Crippen LogP contribution in [-0.2, 0) is 4.74 Å². The largest absolute Gasteiger partial charge is 0.383 e. The number of carbonyl (C=O) groups excluding carboxylic acids is 2. The first-order chi connectivity index (χ1) is 13.6. The molecular weight excluding hydrogens is 356 g/mol. The van der Waals surface area contributed by atoms with Gasteiger partial charge in [0.25, 0.3) is 5.91 Å². The zero-order valence-corrected chi connectivity index (χ0v) is 16.5. The number of aromatic nitrogens is 2. The van der Waals surface area contributed by atoms with Gasteiger partial charge in [-0.25, -0.2) is 15.1 Å². The molecule has 2 N–H and O–H groups in total. The molecule has 7 nitrogen and oxygen atoms in total. The number of nitrogens with two attached hydrogens (primary N) is 1. The van der Waals surface area contributed by atoms with Crippen LogP contribution in [-0.4, -0.2) is 53.6 Å². The molecule has 2 amide bonds. The highest BCUT2D eigenvalue weighted by atomic mass is 16.5. The lowest BCUT2D eigenvalue weighted by Gasteiger charge is -2.25. The highest BCUT2D eigenvalue weighted by Gasteiger charge is 2.33. The number of benzene rings is 1. The summed E-state index contributed by atoms with van der Waals surface area (Å²) < 4.78 is 7.06. The molecule has 28 heavy (non-hydrogen) atoms. The average Bonchev–Trinajstić information content (AvgIpc) is 3.18. The van der Waals surface area contributed by atoms with Gasteiger partial charge in [0.1, 0.15) is 11.5 Å². The van der Waals surface area contributed by atoms with Crippen LogP contribution in [0.5, 0.6) is 0 Å². The van der Waals surface area contributed by atoms with Crippen molar-refractivity contribution in [2.24, 2.45) is 0 Å². The summed E-state index contributed by atoms with van der Waals surface area (Å²) in [4.78, 5) is 31.7. The molecule has 0 bridgehead atoms. The van der Waals surface area contributed by atoms with Crippen molar-refractivity contribution in [2.75, 3.05) is 27.3 Å². The summed E-state index contributed by atoms with van der Waals surface area (Å²) in [5, 5.41) is 1.64. The summed E-state index contributed by atoms with van der Waals surface area (Å²) in [5.41, 5.74) is 2.90. The van der Waals surface area contributed by atoms with E-state index in [1.165, 1.54) is 19.3 Å². The van der Waals surface area contributed by atoms with Gasteiger partial charge in [0.2, 0.25) is 0 Å². The molecule has 0 radical (unpaired) electrons. The molecule has 148 valence electrons. The van der Waals surface area contributed by atoms with Gasteiger partial charge in [-0.1, -0.05) is 19.3 Å². The number of ether oxygens (including phenoxy) is 1. The Kier molecular flexibility index (Phi) is 5.28. The molecule has 1 aliphatic heterocycles. The van der Waals surface area contributed by atoms with E-state index in [2.05, 4.69) is 4.98 Å². The molecule has 2 aromatic rings. The van der Waals surface area contributed by atoms with Crippen LogP contribution < -0.4 is 5.32 Å². The Hall–Kier alpha value is -2.51. The molecule has 1 aromatic carbocycles. The number of nitrogens with zero attached hydrogens (tertiary/aromatic N) is 3. The number of hydrogen-bond acceptors (Lipinski definition) is 4. The summed E-state index contributed by atoms with van der Waals surface area (Å²) in [6.45, 7) is 1.02. The van der Waals surface area contributed by atoms with Crippen molar-refractivity contribution in [3.05, 3.63) is 41.5 Å². The summed E-state index contributed by atoms with van der Waals surface area (Å²) in [7, 11) is 3.39. The fourth-order valence-electron chi connectivity index (χ4n) is 4.20. The SMILES string of the molecule is COCCN(C)C(=O)c1ccc2c(c1)-n1c(cnc1C1CCCCC1)C(=O)[NH2+]2. The first-order valence-electron chi connectivity index (χ1n) is 9.95. The summed E-state index contributed by atoms with van der Waals surface area (Å²) in [5.74, 6) is 1.23. The maximum Gasteiger partial charge on any atom is 0.366 e. The zero-order valence-electron chi connectivity index (χ0n) is 16.5. The number of methoxy groups -OCH3 is 1. The molecule has 1 saturated carbocycles. The monoisotopic (exact) mass is 383 g/mol. The van der Waals surface area contributed by atoms with Gasteiger partial charge in [-0.2, -0.15) is 0 Å². The Balaban J connectivity index is 1.72. The molecule has 7 heteroatoms. The smallest absolute Gasteiger partial charge is 0.366 e. The zero-order chi connectivity index (χ0) is 19.7. The Morgan fingerprint density at radius 1 is 1.32 bits per heavy atom. The minimum Gasteiger partial charge on any atom is -0.383 e. The van der Waals surface area contributed by atoms with Gasteiger partial charge >= 0.3 is 5.91 Å². The van der Waals surface area contributed by atoms with Crippen LogP contribution in [0.4, 0.5) is 5.69 Å². The molecule has 1 aromatic heterocycles. The van der Waals surface area contributed by atoms with Crippen LogP contribution in [0.3, 0.4) is 0 Å². The fourth-order valence-corrected chi connectivity index (χ4v) is 4.20. The van der Waals surface area contributed by atoms with E-state index in [0.717, 1.165) is 30.0 Å². The van der Waals surface area contributed by atoms with Crippen LogP contribution >= 0.6 is 0 Å². The van der Waals surface area contributed by atoms with Gasteiger partial charge < -0.3 is 9.64 Å². The fraction of sp³-hybridized carbons (Fsp3) is 0.476. The van der Waals surface area contributed by atoms with E-state index in [-0.39, 0.29) is 11.8 Å². The maximum atomic E-state index is 12.8. The van der Waals surface area contributed by atoms with Crippen molar-refractivity contribution in [3.8, 4) is 5.69 Å². The van der Waals surface area contributed by atoms with Gasteiger partial charge in [-0.3, -0.25) is 9.36 Å². The molecule has 1 fully saturated rings. The predicted octanol–water partition coefficient (Wildman–Crippen LogP) is 1.99. The number of imidazole rings is 1. The van der Waals surface area contributed by atoms with Gasteiger partial charge in [0.05, 0.1) is 12.8 Å². The summed E-state index contributed by atoms with van der Waals surface area (Å²) in [6.07, 6.45) is 7.54. The number of amides is 2. The molecule has 0 atom stereocenters. The quantitative estimate of drug-likeness (QED) is 0.801. The van der Waals surface area contributed by atoms with Gasteiger partial charge in [-0.05, 0) is 25.0 Å². The minimum absolute atomic E-state index is 0.0293. The summed E-state index contributed by atoms with van der Waals surface area (Å²) in [6, 6.07) is 5.54. The standard InChI is InChI=1S/C21H26N4O3/c1-24(10-11-28-2)21(27)15-8-9-16-17(12-15)25-18(20(26)23-16)13-22-19(25)14-6-4-3-5-7-14/h8-9,12-14H,3-7,10-11H2,1-2H3,(H,23,26)/p+1. The average molecular weight is 383 g/mol. The Morgan fingerprint density at radius 2 is 2.11 bits per heavy atom. The summed E-state index contributed by atoms with van der Waals surface area (Å²) >= 11 is 0. The van der Waals surface area contributed by atoms with Crippen LogP contribution in [0.1, 0.15) is 64.7 Å². The van der Waals surface area contributed by atoms with E-state index in [0.29, 0.717) is 30.3 Å². The molecule has 1 aliphatic carbocycles. The van der Waals surface area contributed by atoms with E-state index in [1.54, 1.807) is 36.6 Å². The Morgan fingerprint density at radius 3 is 2.86 bits per heavy atom. The van der Waals surface area contributed by atoms with E-state index < -0.39 is 0 Å². The van der Waals surface area contributed by atoms with Gasteiger partial charge in [0, 0.05) is 38.2 Å². The first-order valence-corrected chi connectivity index (χ1v) is 9.95. The second-order valence-corrected chi connectivity index (χ2v) is 7.67. The van der Waals surface area contributed by atoms with Gasteiger partial charge in [0.15, 0.2) is 11.4 Å². The third-order valence-electron chi connectivity index (χ3n) is 5.79. The topological polar surface area (TPSA) is 81.0 Å². The molecule has 2 heterocycles. The molecule has 0 spiro atoms. The Bertz CT molecular complexity index is 899. The van der Waals surface area contributed by atoms with Crippen molar-refractivity contribution in [3.63, 3.8) is 0 Å². The number of likely N-dealkylation sites (N-methyl/N-ethyl adjacent to an activating group) is 1. The molecular formula is C21H27N4O3+. The van der Waals surface area contributed by atoms with E-state index in [9.17, 15) is 9.59 Å². The maximum absolute atomic E-state index is 12.8.